The zero-order chi connectivity index (χ0) is 23.0. The second-order valence-electron chi connectivity index (χ2n) is 8.76. The SMILES string of the molecule is COc1cc(=C2C=c3c(OC(=O)OC(C)(C)C)cccc3=N2)[nH]/c1=C\c1[nH]c(C)cc1C. The number of aromatic nitrogens is 2. The smallest absolute Gasteiger partial charge is 0.494 e. The van der Waals surface area contributed by atoms with E-state index in [9.17, 15) is 4.79 Å². The maximum atomic E-state index is 12.1. The summed E-state index contributed by atoms with van der Waals surface area (Å²) in [6, 6.07) is 9.40. The van der Waals surface area contributed by atoms with E-state index in [0.29, 0.717) is 11.5 Å². The Kier molecular flexibility index (Phi) is 5.42. The number of aromatic amines is 2. The second kappa shape index (κ2) is 8.07. The van der Waals surface area contributed by atoms with E-state index in [1.807, 2.05) is 31.2 Å². The standard InChI is InChI=1S/C25H27N3O4/c1-14-10-15(2)26-18(14)12-21-23(30-6)13-20(28-21)19-11-16-17(27-19)8-7-9-22(16)31-24(29)32-25(3,4)5/h7-13,26,28H,1-6H3/b20-19?,21-12-. The van der Waals surface area contributed by atoms with Gasteiger partial charge in [-0.2, -0.15) is 0 Å². The van der Waals surface area contributed by atoms with E-state index in [1.54, 1.807) is 40.0 Å². The third-order valence-electron chi connectivity index (χ3n) is 4.93. The van der Waals surface area contributed by atoms with Gasteiger partial charge in [-0.3, -0.25) is 0 Å². The third-order valence-corrected chi connectivity index (χ3v) is 4.93. The number of nitrogens with one attached hydrogen (secondary N) is 2. The van der Waals surface area contributed by atoms with E-state index in [2.05, 4.69) is 23.0 Å². The highest BCUT2D eigenvalue weighted by molar-refractivity contribution is 5.78. The molecule has 0 radical (unpaired) electrons. The van der Waals surface area contributed by atoms with Crippen LogP contribution in [0, 0.1) is 13.8 Å². The van der Waals surface area contributed by atoms with Crippen molar-refractivity contribution < 1.29 is 19.0 Å². The predicted molar refractivity (Wildman–Crippen MR) is 122 cm³/mol. The summed E-state index contributed by atoms with van der Waals surface area (Å²) in [5.74, 6) is 1.11. The molecule has 0 bridgehead atoms. The number of ether oxygens (including phenoxy) is 3. The van der Waals surface area contributed by atoms with Gasteiger partial charge in [-0.1, -0.05) is 6.07 Å². The lowest BCUT2D eigenvalue weighted by Gasteiger charge is -2.18. The molecule has 0 saturated heterocycles. The minimum Gasteiger partial charge on any atom is -0.494 e. The second-order valence-corrected chi connectivity index (χ2v) is 8.76. The molecule has 166 valence electrons. The first-order valence-electron chi connectivity index (χ1n) is 10.4. The van der Waals surface area contributed by atoms with Crippen LogP contribution in [0.1, 0.15) is 37.7 Å². The van der Waals surface area contributed by atoms with Gasteiger partial charge in [0.2, 0.25) is 0 Å². The molecule has 7 heteroatoms. The highest BCUT2D eigenvalue weighted by Gasteiger charge is 2.19. The average Bonchev–Trinajstić information content (AvgIpc) is 3.37. The number of aryl methyl sites for hydroxylation is 2. The van der Waals surface area contributed by atoms with Gasteiger partial charge in [-0.25, -0.2) is 9.79 Å². The molecule has 1 aromatic carbocycles. The quantitative estimate of drug-likeness (QED) is 0.490. The number of H-pyrrole nitrogens is 2. The Morgan fingerprint density at radius 3 is 2.53 bits per heavy atom. The summed E-state index contributed by atoms with van der Waals surface area (Å²) in [6.07, 6.45) is 3.15. The van der Waals surface area contributed by atoms with Gasteiger partial charge in [0.25, 0.3) is 0 Å². The van der Waals surface area contributed by atoms with Crippen molar-refractivity contribution in [2.45, 2.75) is 40.2 Å². The molecule has 3 heterocycles. The van der Waals surface area contributed by atoms with E-state index in [-0.39, 0.29) is 0 Å². The van der Waals surface area contributed by atoms with Crippen molar-refractivity contribution in [2.24, 2.45) is 4.99 Å². The minimum absolute atomic E-state index is 0.401. The molecule has 0 unspecified atom stereocenters. The largest absolute Gasteiger partial charge is 0.514 e. The minimum atomic E-state index is -0.747. The summed E-state index contributed by atoms with van der Waals surface area (Å²) in [6.45, 7) is 9.46. The molecule has 0 spiro atoms. The van der Waals surface area contributed by atoms with Gasteiger partial charge in [0.05, 0.1) is 28.9 Å². The lowest BCUT2D eigenvalue weighted by molar-refractivity contribution is 0.0204. The molecule has 0 amide bonds. The van der Waals surface area contributed by atoms with Gasteiger partial charge in [-0.15, -0.1) is 0 Å². The summed E-state index contributed by atoms with van der Waals surface area (Å²) >= 11 is 0. The molecule has 1 aliphatic heterocycles. The number of nitrogens with zero attached hydrogens (tertiary/aromatic N) is 1. The van der Waals surface area contributed by atoms with Crippen molar-refractivity contribution in [3.63, 3.8) is 0 Å². The third kappa shape index (κ3) is 4.46. The molecule has 0 saturated carbocycles. The van der Waals surface area contributed by atoms with Crippen LogP contribution in [0.2, 0.25) is 0 Å². The number of fused-ring (bicyclic) bond motifs is 1. The normalized spacial score (nSPS) is 15.1. The summed E-state index contributed by atoms with van der Waals surface area (Å²) in [7, 11) is 1.64. The van der Waals surface area contributed by atoms with Crippen LogP contribution in [0.3, 0.4) is 0 Å². The summed E-state index contributed by atoms with van der Waals surface area (Å²) < 4.78 is 16.3. The van der Waals surface area contributed by atoms with Gasteiger partial charge in [0, 0.05) is 22.7 Å². The monoisotopic (exact) mass is 433 g/mol. The first kappa shape index (κ1) is 21.5. The molecular formula is C25H27N3O4. The summed E-state index contributed by atoms with van der Waals surface area (Å²) in [5, 5.41) is 3.08. The Balaban J connectivity index is 1.78. The molecule has 3 aromatic rings. The molecule has 4 rings (SSSR count). The maximum absolute atomic E-state index is 12.1. The van der Waals surface area contributed by atoms with E-state index >= 15 is 0 Å². The Hall–Kier alpha value is -3.74. The summed E-state index contributed by atoms with van der Waals surface area (Å²) in [4.78, 5) is 23.6. The number of benzene rings is 1. The number of hydrogen-bond donors (Lipinski definition) is 2. The van der Waals surface area contributed by atoms with E-state index < -0.39 is 11.8 Å². The van der Waals surface area contributed by atoms with Crippen LogP contribution in [-0.4, -0.2) is 28.8 Å². The van der Waals surface area contributed by atoms with Crippen molar-refractivity contribution in [3.8, 4) is 11.5 Å². The maximum Gasteiger partial charge on any atom is 0.514 e. The predicted octanol–water partition coefficient (Wildman–Crippen LogP) is 2.33. The van der Waals surface area contributed by atoms with Crippen LogP contribution in [0.4, 0.5) is 4.79 Å². The number of carbonyl (C=O) groups is 1. The molecule has 2 aromatic heterocycles. The van der Waals surface area contributed by atoms with Crippen LogP contribution in [0.15, 0.2) is 35.3 Å². The molecule has 0 atom stereocenters. The zero-order valence-corrected chi connectivity index (χ0v) is 19.1. The molecule has 32 heavy (non-hydrogen) atoms. The van der Waals surface area contributed by atoms with Gasteiger partial charge in [0.15, 0.2) is 0 Å². The van der Waals surface area contributed by atoms with Crippen molar-refractivity contribution in [1.82, 2.24) is 9.97 Å². The van der Waals surface area contributed by atoms with Gasteiger partial charge >= 0.3 is 6.16 Å². The average molecular weight is 434 g/mol. The van der Waals surface area contributed by atoms with Crippen LogP contribution < -0.4 is 30.7 Å². The topological polar surface area (TPSA) is 88.7 Å². The molecule has 1 aliphatic rings. The molecular weight excluding hydrogens is 406 g/mol. The Labute approximate surface area is 185 Å². The molecule has 0 aliphatic carbocycles. The number of methoxy groups -OCH3 is 1. The molecule has 2 N–H and O–H groups in total. The van der Waals surface area contributed by atoms with Crippen LogP contribution in [0.25, 0.3) is 17.8 Å². The molecule has 0 fully saturated rings. The number of hydrogen-bond acceptors (Lipinski definition) is 5. The van der Waals surface area contributed by atoms with Crippen molar-refractivity contribution in [3.05, 3.63) is 68.6 Å². The number of carbonyl (C=O) groups excluding carboxylic acids is 1. The summed E-state index contributed by atoms with van der Waals surface area (Å²) in [5.41, 5.74) is 3.35. The van der Waals surface area contributed by atoms with Crippen molar-refractivity contribution >= 4 is 24.0 Å². The first-order valence-corrected chi connectivity index (χ1v) is 10.4. The fourth-order valence-electron chi connectivity index (χ4n) is 3.57. The Bertz CT molecular complexity index is 1440. The van der Waals surface area contributed by atoms with E-state index in [0.717, 1.165) is 43.9 Å². The van der Waals surface area contributed by atoms with Crippen molar-refractivity contribution in [1.29, 1.82) is 0 Å². The van der Waals surface area contributed by atoms with Crippen molar-refractivity contribution in [2.75, 3.05) is 7.11 Å². The highest BCUT2D eigenvalue weighted by Crippen LogP contribution is 2.13. The van der Waals surface area contributed by atoms with Gasteiger partial charge < -0.3 is 24.2 Å². The van der Waals surface area contributed by atoms with E-state index in [4.69, 9.17) is 19.2 Å². The lowest BCUT2D eigenvalue weighted by atomic mass is 10.2. The first-order chi connectivity index (χ1) is 15.1. The zero-order valence-electron chi connectivity index (χ0n) is 19.1. The Morgan fingerprint density at radius 1 is 1.09 bits per heavy atom. The fraction of sp³-hybridized carbons (Fsp3) is 0.280. The highest BCUT2D eigenvalue weighted by atomic mass is 16.7. The fourth-order valence-corrected chi connectivity index (χ4v) is 3.57. The van der Waals surface area contributed by atoms with E-state index in [1.165, 1.54) is 0 Å². The number of rotatable bonds is 3. The molecule has 7 nitrogen and oxygen atoms in total. The van der Waals surface area contributed by atoms with Crippen LogP contribution >= 0.6 is 0 Å². The van der Waals surface area contributed by atoms with Gasteiger partial charge in [0.1, 0.15) is 17.1 Å². The van der Waals surface area contributed by atoms with Crippen LogP contribution in [0.5, 0.6) is 11.5 Å². The van der Waals surface area contributed by atoms with Crippen LogP contribution in [-0.2, 0) is 4.74 Å². The lowest BCUT2D eigenvalue weighted by Crippen LogP contribution is -2.29. The Morgan fingerprint density at radius 2 is 1.88 bits per heavy atom. The van der Waals surface area contributed by atoms with Gasteiger partial charge in [-0.05, 0) is 70.5 Å².